The summed E-state index contributed by atoms with van der Waals surface area (Å²) in [5.74, 6) is 0.869. The van der Waals surface area contributed by atoms with E-state index >= 15 is 0 Å². The van der Waals surface area contributed by atoms with E-state index in [9.17, 15) is 0 Å². The van der Waals surface area contributed by atoms with Gasteiger partial charge in [-0.2, -0.15) is 0 Å². The van der Waals surface area contributed by atoms with Crippen LogP contribution in [-0.2, 0) is 12.8 Å². The van der Waals surface area contributed by atoms with E-state index in [4.69, 9.17) is 0 Å². The van der Waals surface area contributed by atoms with Crippen molar-refractivity contribution in [3.05, 3.63) is 75.8 Å². The zero-order chi connectivity index (χ0) is 13.8. The maximum atomic E-state index is 4.44. The second-order valence-electron chi connectivity index (χ2n) is 4.77. The second-order valence-corrected chi connectivity index (χ2v) is 5.80. The zero-order valence-corrected chi connectivity index (χ0v) is 12.1. The highest BCUT2D eigenvalue weighted by atomic mass is 32.1. The van der Waals surface area contributed by atoms with Crippen LogP contribution in [0.5, 0.6) is 0 Å². The molecule has 0 bridgehead atoms. The van der Waals surface area contributed by atoms with E-state index in [0.29, 0.717) is 0 Å². The summed E-state index contributed by atoms with van der Waals surface area (Å²) in [6.07, 6.45) is 7.27. The fourth-order valence-corrected chi connectivity index (χ4v) is 2.65. The van der Waals surface area contributed by atoms with E-state index in [1.54, 1.807) is 11.3 Å². The van der Waals surface area contributed by atoms with Crippen molar-refractivity contribution in [2.75, 3.05) is 0 Å². The maximum Gasteiger partial charge on any atom is 0.133 e. The molecule has 0 amide bonds. The van der Waals surface area contributed by atoms with Crippen molar-refractivity contribution in [1.29, 1.82) is 0 Å². The van der Waals surface area contributed by atoms with Gasteiger partial charge < -0.3 is 0 Å². The molecule has 0 saturated heterocycles. The van der Waals surface area contributed by atoms with Gasteiger partial charge in [0.25, 0.3) is 0 Å². The molecule has 3 nitrogen and oxygen atoms in total. The Labute approximate surface area is 122 Å². The van der Waals surface area contributed by atoms with Gasteiger partial charge in [0.2, 0.25) is 0 Å². The summed E-state index contributed by atoms with van der Waals surface area (Å²) in [5.41, 5.74) is 3.32. The summed E-state index contributed by atoms with van der Waals surface area (Å²) in [5, 5.41) is 2.08. The molecular formula is C16H15N3S. The summed E-state index contributed by atoms with van der Waals surface area (Å²) in [7, 11) is 0. The molecule has 100 valence electrons. The molecule has 3 aromatic rings. The van der Waals surface area contributed by atoms with Crippen molar-refractivity contribution in [2.24, 2.45) is 0 Å². The highest BCUT2D eigenvalue weighted by Crippen LogP contribution is 2.13. The van der Waals surface area contributed by atoms with Gasteiger partial charge in [-0.3, -0.25) is 4.98 Å². The number of aromatic nitrogens is 3. The Morgan fingerprint density at radius 2 is 1.80 bits per heavy atom. The molecule has 0 saturated carbocycles. The minimum absolute atomic E-state index is 0.777. The van der Waals surface area contributed by atoms with Crippen LogP contribution in [0.25, 0.3) is 0 Å². The Bertz CT molecular complexity index is 658. The molecule has 0 aliphatic heterocycles. The molecule has 0 aliphatic rings. The van der Waals surface area contributed by atoms with Crippen LogP contribution in [0, 0.1) is 6.92 Å². The molecule has 3 heterocycles. The number of hydrogen-bond donors (Lipinski definition) is 0. The first-order chi connectivity index (χ1) is 9.79. The predicted molar refractivity (Wildman–Crippen MR) is 80.9 cm³/mol. The number of hydrogen-bond acceptors (Lipinski definition) is 4. The Kier molecular flexibility index (Phi) is 3.83. The van der Waals surface area contributed by atoms with Crippen LogP contribution >= 0.6 is 11.3 Å². The minimum Gasteiger partial charge on any atom is -0.261 e. The Morgan fingerprint density at radius 3 is 2.45 bits per heavy atom. The van der Waals surface area contributed by atoms with Crippen LogP contribution in [0.2, 0.25) is 0 Å². The van der Waals surface area contributed by atoms with Crippen LogP contribution < -0.4 is 0 Å². The van der Waals surface area contributed by atoms with Gasteiger partial charge in [-0.25, -0.2) is 9.97 Å². The lowest BCUT2D eigenvalue weighted by atomic mass is 10.1. The van der Waals surface area contributed by atoms with E-state index in [1.807, 2.05) is 25.5 Å². The van der Waals surface area contributed by atoms with Gasteiger partial charge in [-0.15, -0.1) is 11.3 Å². The molecule has 0 spiro atoms. The van der Waals surface area contributed by atoms with Crippen LogP contribution in [-0.4, -0.2) is 15.0 Å². The van der Waals surface area contributed by atoms with Gasteiger partial charge in [-0.05, 0) is 35.6 Å². The molecule has 4 heteroatoms. The number of thiophene rings is 1. The lowest BCUT2D eigenvalue weighted by molar-refractivity contribution is 0.941. The van der Waals surface area contributed by atoms with Gasteiger partial charge in [-0.1, -0.05) is 12.1 Å². The van der Waals surface area contributed by atoms with Crippen molar-refractivity contribution in [3.63, 3.8) is 0 Å². The summed E-state index contributed by atoms with van der Waals surface area (Å²) in [6.45, 7) is 2.04. The molecule has 0 atom stereocenters. The molecular weight excluding hydrogens is 266 g/mol. The average molecular weight is 281 g/mol. The van der Waals surface area contributed by atoms with Gasteiger partial charge >= 0.3 is 0 Å². The van der Waals surface area contributed by atoms with E-state index in [0.717, 1.165) is 29.9 Å². The van der Waals surface area contributed by atoms with E-state index < -0.39 is 0 Å². The number of rotatable bonds is 4. The first-order valence-corrected chi connectivity index (χ1v) is 7.41. The first-order valence-electron chi connectivity index (χ1n) is 6.53. The number of nitrogens with zero attached hydrogens (tertiary/aromatic N) is 3. The first kappa shape index (κ1) is 12.9. The smallest absolute Gasteiger partial charge is 0.133 e. The van der Waals surface area contributed by atoms with Gasteiger partial charge in [0.1, 0.15) is 5.82 Å². The summed E-state index contributed by atoms with van der Waals surface area (Å²) in [6, 6.07) is 8.29. The van der Waals surface area contributed by atoms with E-state index in [1.165, 1.54) is 10.4 Å². The number of pyridine rings is 1. The lowest BCUT2D eigenvalue weighted by Crippen LogP contribution is -1.98. The van der Waals surface area contributed by atoms with Crippen LogP contribution in [0.3, 0.4) is 0 Å². The standard InChI is InChI=1S/C16H15N3S/c1-12-4-5-14(17-9-12)7-13-10-18-16(19-11-13)8-15-3-2-6-20-15/h2-6,9-11H,7-8H2,1H3. The fraction of sp³-hybridized carbons (Fsp3) is 0.188. The summed E-state index contributed by atoms with van der Waals surface area (Å²) >= 11 is 1.74. The molecule has 20 heavy (non-hydrogen) atoms. The quantitative estimate of drug-likeness (QED) is 0.735. The molecule has 0 aromatic carbocycles. The number of aryl methyl sites for hydroxylation is 1. The van der Waals surface area contributed by atoms with Crippen molar-refractivity contribution < 1.29 is 0 Å². The topological polar surface area (TPSA) is 38.7 Å². The predicted octanol–water partition coefficient (Wildman–Crippen LogP) is 3.42. The zero-order valence-electron chi connectivity index (χ0n) is 11.3. The fourth-order valence-electron chi connectivity index (χ4n) is 1.95. The molecule has 3 aromatic heterocycles. The SMILES string of the molecule is Cc1ccc(Cc2cnc(Cc3cccs3)nc2)nc1. The monoisotopic (exact) mass is 281 g/mol. The molecule has 0 unspecified atom stereocenters. The van der Waals surface area contributed by atoms with Gasteiger partial charge in [0.05, 0.1) is 0 Å². The molecule has 0 radical (unpaired) electrons. The summed E-state index contributed by atoms with van der Waals surface area (Å²) in [4.78, 5) is 14.6. The molecule has 0 N–H and O–H groups in total. The largest absolute Gasteiger partial charge is 0.261 e. The maximum absolute atomic E-state index is 4.44. The Hall–Kier alpha value is -2.07. The Morgan fingerprint density at radius 1 is 0.950 bits per heavy atom. The van der Waals surface area contributed by atoms with Crippen LogP contribution in [0.1, 0.15) is 27.5 Å². The van der Waals surface area contributed by atoms with E-state index in [2.05, 4.69) is 44.6 Å². The normalized spacial score (nSPS) is 10.7. The van der Waals surface area contributed by atoms with E-state index in [-0.39, 0.29) is 0 Å². The third-order valence-electron chi connectivity index (χ3n) is 3.03. The highest BCUT2D eigenvalue weighted by molar-refractivity contribution is 7.09. The molecule has 3 rings (SSSR count). The lowest BCUT2D eigenvalue weighted by Gasteiger charge is -2.02. The van der Waals surface area contributed by atoms with Crippen molar-refractivity contribution in [2.45, 2.75) is 19.8 Å². The summed E-state index contributed by atoms with van der Waals surface area (Å²) < 4.78 is 0. The third kappa shape index (κ3) is 3.27. The van der Waals surface area contributed by atoms with Crippen LogP contribution in [0.15, 0.2) is 48.2 Å². The molecule has 0 aliphatic carbocycles. The Balaban J connectivity index is 1.68. The average Bonchev–Trinajstić information content (AvgIpc) is 2.96. The van der Waals surface area contributed by atoms with Crippen molar-refractivity contribution in [3.8, 4) is 0 Å². The van der Waals surface area contributed by atoms with Crippen molar-refractivity contribution >= 4 is 11.3 Å². The highest BCUT2D eigenvalue weighted by Gasteiger charge is 2.02. The van der Waals surface area contributed by atoms with Crippen molar-refractivity contribution in [1.82, 2.24) is 15.0 Å². The minimum atomic E-state index is 0.777. The van der Waals surface area contributed by atoms with Gasteiger partial charge in [0.15, 0.2) is 0 Å². The van der Waals surface area contributed by atoms with Crippen LogP contribution in [0.4, 0.5) is 0 Å². The van der Waals surface area contributed by atoms with Gasteiger partial charge in [0, 0.05) is 42.0 Å². The third-order valence-corrected chi connectivity index (χ3v) is 3.91. The second kappa shape index (κ2) is 5.92. The molecule has 0 fully saturated rings.